The molecule has 14 heavy (non-hydrogen) atoms. The van der Waals surface area contributed by atoms with Gasteiger partial charge < -0.3 is 9.47 Å². The third kappa shape index (κ3) is 0.985. The lowest BCUT2D eigenvalue weighted by molar-refractivity contribution is 0.0223. The number of carbonyl (C=O) groups is 1. The van der Waals surface area contributed by atoms with Crippen LogP contribution in [0.15, 0.2) is 24.3 Å². The SMILES string of the molecule is O=C1NC2Oc3ccccc3OC2N1. The molecule has 0 radical (unpaired) electrons. The van der Waals surface area contributed by atoms with Crippen LogP contribution >= 0.6 is 0 Å². The molecule has 72 valence electrons. The van der Waals surface area contributed by atoms with Gasteiger partial charge in [0.1, 0.15) is 0 Å². The van der Waals surface area contributed by atoms with Gasteiger partial charge in [0.25, 0.3) is 0 Å². The minimum atomic E-state index is -0.433. The standard InChI is InChI=1S/C9H8N2O3/c12-9-10-7-8(11-9)14-6-4-2-1-3-5(6)13-7/h1-4,7-8H,(H2,10,11,12). The predicted molar refractivity (Wildman–Crippen MR) is 46.9 cm³/mol. The summed E-state index contributed by atoms with van der Waals surface area (Å²) in [4.78, 5) is 11.0. The minimum absolute atomic E-state index is 0.271. The van der Waals surface area contributed by atoms with E-state index in [0.717, 1.165) is 0 Å². The van der Waals surface area contributed by atoms with Crippen molar-refractivity contribution < 1.29 is 14.3 Å². The van der Waals surface area contributed by atoms with E-state index in [4.69, 9.17) is 9.47 Å². The summed E-state index contributed by atoms with van der Waals surface area (Å²) in [5.74, 6) is 1.30. The second kappa shape index (κ2) is 2.54. The second-order valence-corrected chi connectivity index (χ2v) is 3.14. The normalized spacial score (nSPS) is 27.6. The highest BCUT2D eigenvalue weighted by molar-refractivity contribution is 5.77. The maximum absolute atomic E-state index is 11.0. The first kappa shape index (κ1) is 7.49. The molecule has 2 aliphatic heterocycles. The summed E-state index contributed by atoms with van der Waals surface area (Å²) in [5, 5.41) is 5.20. The Balaban J connectivity index is 1.95. The zero-order valence-corrected chi connectivity index (χ0v) is 7.19. The van der Waals surface area contributed by atoms with Gasteiger partial charge >= 0.3 is 6.03 Å². The number of benzene rings is 1. The molecule has 0 saturated carbocycles. The fourth-order valence-corrected chi connectivity index (χ4v) is 1.55. The number of rotatable bonds is 0. The molecule has 0 aliphatic carbocycles. The molecule has 2 heterocycles. The molecule has 5 nitrogen and oxygen atoms in total. The van der Waals surface area contributed by atoms with Gasteiger partial charge in [0.2, 0.25) is 12.5 Å². The van der Waals surface area contributed by atoms with Crippen LogP contribution < -0.4 is 20.1 Å². The Kier molecular flexibility index (Phi) is 1.36. The lowest BCUT2D eigenvalue weighted by Crippen LogP contribution is -2.45. The van der Waals surface area contributed by atoms with Crippen molar-refractivity contribution in [3.63, 3.8) is 0 Å². The molecule has 0 spiro atoms. The van der Waals surface area contributed by atoms with E-state index in [-0.39, 0.29) is 6.03 Å². The van der Waals surface area contributed by atoms with Crippen LogP contribution in [0, 0.1) is 0 Å². The van der Waals surface area contributed by atoms with Crippen LogP contribution in [0.2, 0.25) is 0 Å². The Morgan fingerprint density at radius 2 is 1.50 bits per heavy atom. The first-order valence-electron chi connectivity index (χ1n) is 4.32. The number of amides is 2. The van der Waals surface area contributed by atoms with Crippen LogP contribution in [-0.4, -0.2) is 18.5 Å². The quantitative estimate of drug-likeness (QED) is 0.626. The largest absolute Gasteiger partial charge is 0.461 e. The number of para-hydroxylation sites is 2. The Hall–Kier alpha value is -1.91. The molecule has 1 fully saturated rings. The molecule has 1 aromatic carbocycles. The summed E-state index contributed by atoms with van der Waals surface area (Å²) in [6, 6.07) is 7.04. The Morgan fingerprint density at radius 3 is 2.00 bits per heavy atom. The zero-order chi connectivity index (χ0) is 9.54. The van der Waals surface area contributed by atoms with Crippen LogP contribution in [0.1, 0.15) is 0 Å². The predicted octanol–water partition coefficient (Wildman–Crippen LogP) is 0.423. The molecule has 1 aromatic rings. The summed E-state index contributed by atoms with van der Waals surface area (Å²) in [5.41, 5.74) is 0. The van der Waals surface area contributed by atoms with E-state index in [9.17, 15) is 4.79 Å². The molecule has 1 saturated heterocycles. The summed E-state index contributed by atoms with van der Waals surface area (Å²) >= 11 is 0. The second-order valence-electron chi connectivity index (χ2n) is 3.14. The first-order chi connectivity index (χ1) is 6.83. The molecule has 2 N–H and O–H groups in total. The maximum atomic E-state index is 11.0. The molecule has 2 amide bonds. The van der Waals surface area contributed by atoms with Gasteiger partial charge in [-0.3, -0.25) is 10.6 Å². The van der Waals surface area contributed by atoms with Crippen molar-refractivity contribution in [1.29, 1.82) is 0 Å². The van der Waals surface area contributed by atoms with E-state index in [1.54, 1.807) is 12.1 Å². The smallest absolute Gasteiger partial charge is 0.320 e. The molecule has 2 unspecified atom stereocenters. The number of nitrogens with one attached hydrogen (secondary N) is 2. The Morgan fingerprint density at radius 1 is 1.00 bits per heavy atom. The summed E-state index contributed by atoms with van der Waals surface area (Å²) in [7, 11) is 0. The molecule has 3 rings (SSSR count). The third-order valence-electron chi connectivity index (χ3n) is 2.18. The lowest BCUT2D eigenvalue weighted by Gasteiger charge is -2.27. The van der Waals surface area contributed by atoms with Gasteiger partial charge in [-0.05, 0) is 12.1 Å². The van der Waals surface area contributed by atoms with E-state index in [1.807, 2.05) is 12.1 Å². The highest BCUT2D eigenvalue weighted by Crippen LogP contribution is 2.33. The van der Waals surface area contributed by atoms with Gasteiger partial charge in [0.05, 0.1) is 0 Å². The molecular weight excluding hydrogens is 184 g/mol. The van der Waals surface area contributed by atoms with Crippen molar-refractivity contribution in [3.8, 4) is 11.5 Å². The van der Waals surface area contributed by atoms with Crippen LogP contribution in [-0.2, 0) is 0 Å². The van der Waals surface area contributed by atoms with Gasteiger partial charge in [-0.25, -0.2) is 4.79 Å². The average molecular weight is 192 g/mol. The molecule has 0 bridgehead atoms. The highest BCUT2D eigenvalue weighted by Gasteiger charge is 2.39. The molecule has 0 aromatic heterocycles. The number of hydrogen-bond donors (Lipinski definition) is 2. The fraction of sp³-hybridized carbons (Fsp3) is 0.222. The minimum Gasteiger partial charge on any atom is -0.461 e. The van der Waals surface area contributed by atoms with Gasteiger partial charge in [-0.1, -0.05) is 12.1 Å². The van der Waals surface area contributed by atoms with Gasteiger partial charge in [-0.15, -0.1) is 0 Å². The van der Waals surface area contributed by atoms with E-state index in [0.29, 0.717) is 11.5 Å². The van der Waals surface area contributed by atoms with E-state index in [1.165, 1.54) is 0 Å². The topological polar surface area (TPSA) is 59.6 Å². The van der Waals surface area contributed by atoms with E-state index < -0.39 is 12.5 Å². The van der Waals surface area contributed by atoms with Gasteiger partial charge in [0.15, 0.2) is 11.5 Å². The number of fused-ring (bicyclic) bond motifs is 2. The Labute approximate surface area is 80.0 Å². The van der Waals surface area contributed by atoms with Crippen molar-refractivity contribution in [2.45, 2.75) is 12.5 Å². The third-order valence-corrected chi connectivity index (χ3v) is 2.18. The van der Waals surface area contributed by atoms with E-state index >= 15 is 0 Å². The number of hydrogen-bond acceptors (Lipinski definition) is 3. The highest BCUT2D eigenvalue weighted by atomic mass is 16.6. The van der Waals surface area contributed by atoms with Crippen molar-refractivity contribution in [2.24, 2.45) is 0 Å². The van der Waals surface area contributed by atoms with Crippen LogP contribution in [0.3, 0.4) is 0 Å². The number of ether oxygens (including phenoxy) is 2. The maximum Gasteiger partial charge on any atom is 0.320 e. The lowest BCUT2D eigenvalue weighted by atomic mass is 10.3. The van der Waals surface area contributed by atoms with Crippen LogP contribution in [0.5, 0.6) is 11.5 Å². The molecule has 2 atom stereocenters. The summed E-state index contributed by atoms with van der Waals surface area (Å²) in [6.07, 6.45) is -0.866. The molecule has 2 aliphatic rings. The van der Waals surface area contributed by atoms with Crippen LogP contribution in [0.25, 0.3) is 0 Å². The van der Waals surface area contributed by atoms with Crippen molar-refractivity contribution in [3.05, 3.63) is 24.3 Å². The van der Waals surface area contributed by atoms with Gasteiger partial charge in [-0.2, -0.15) is 0 Å². The van der Waals surface area contributed by atoms with E-state index in [2.05, 4.69) is 10.6 Å². The zero-order valence-electron chi connectivity index (χ0n) is 7.19. The fourth-order valence-electron chi connectivity index (χ4n) is 1.55. The number of carbonyl (C=O) groups excluding carboxylic acids is 1. The Bertz CT molecular complexity index is 358. The molecule has 5 heteroatoms. The van der Waals surface area contributed by atoms with Gasteiger partial charge in [0, 0.05) is 0 Å². The monoisotopic (exact) mass is 192 g/mol. The summed E-state index contributed by atoms with van der Waals surface area (Å²) in [6.45, 7) is 0. The van der Waals surface area contributed by atoms with Crippen LogP contribution in [0.4, 0.5) is 4.79 Å². The number of urea groups is 1. The first-order valence-corrected chi connectivity index (χ1v) is 4.32. The average Bonchev–Trinajstić information content (AvgIpc) is 2.53. The van der Waals surface area contributed by atoms with Crippen molar-refractivity contribution >= 4 is 6.03 Å². The summed E-state index contributed by atoms with van der Waals surface area (Å²) < 4.78 is 11.0. The molecular formula is C9H8N2O3. The van der Waals surface area contributed by atoms with Crippen molar-refractivity contribution in [2.75, 3.05) is 0 Å². The van der Waals surface area contributed by atoms with Crippen molar-refractivity contribution in [1.82, 2.24) is 10.6 Å².